The topological polar surface area (TPSA) is 12.0 Å². The van der Waals surface area contributed by atoms with Crippen molar-refractivity contribution in [2.75, 3.05) is 18.6 Å². The lowest BCUT2D eigenvalue weighted by molar-refractivity contribution is 0.502. The maximum Gasteiger partial charge on any atom is 0.0318 e. The molecular weight excluding hydrogens is 306 g/mol. The molecule has 18 heavy (non-hydrogen) atoms. The molecule has 1 atom stereocenters. The number of benzene rings is 1. The van der Waals surface area contributed by atoms with Gasteiger partial charge in [0.25, 0.3) is 0 Å². The van der Waals surface area contributed by atoms with Crippen LogP contribution >= 0.6 is 27.7 Å². The van der Waals surface area contributed by atoms with Gasteiger partial charge in [0.15, 0.2) is 0 Å². The second kappa shape index (κ2) is 9.88. The van der Waals surface area contributed by atoms with Gasteiger partial charge in [-0.1, -0.05) is 41.4 Å². The van der Waals surface area contributed by atoms with Crippen LogP contribution in [0, 0.1) is 0 Å². The van der Waals surface area contributed by atoms with Gasteiger partial charge in [-0.15, -0.1) is 0 Å². The van der Waals surface area contributed by atoms with Crippen molar-refractivity contribution in [1.82, 2.24) is 5.32 Å². The number of thioether (sulfide) groups is 1. The zero-order valence-corrected chi connectivity index (χ0v) is 13.8. The van der Waals surface area contributed by atoms with Crippen molar-refractivity contribution in [2.45, 2.75) is 38.6 Å². The third kappa shape index (κ3) is 6.26. The summed E-state index contributed by atoms with van der Waals surface area (Å²) in [7, 11) is 0. The Hall–Kier alpha value is 0.01000. The maximum absolute atomic E-state index is 3.66. The summed E-state index contributed by atoms with van der Waals surface area (Å²) in [4.78, 5) is 0. The van der Waals surface area contributed by atoms with Crippen LogP contribution in [0.15, 0.2) is 28.7 Å². The SMILES string of the molecule is CCC(NCCCCCSC)c1cccc(Br)c1. The molecule has 1 aromatic carbocycles. The summed E-state index contributed by atoms with van der Waals surface area (Å²) in [5.74, 6) is 1.29. The number of hydrogen-bond acceptors (Lipinski definition) is 2. The van der Waals surface area contributed by atoms with Crippen LogP contribution in [-0.2, 0) is 0 Å². The van der Waals surface area contributed by atoms with Crippen LogP contribution in [0.4, 0.5) is 0 Å². The van der Waals surface area contributed by atoms with E-state index in [2.05, 4.69) is 58.7 Å². The van der Waals surface area contributed by atoms with Crippen molar-refractivity contribution in [3.05, 3.63) is 34.3 Å². The second-order valence-electron chi connectivity index (χ2n) is 4.52. The van der Waals surface area contributed by atoms with Gasteiger partial charge in [-0.2, -0.15) is 11.8 Å². The molecule has 0 heterocycles. The highest BCUT2D eigenvalue weighted by molar-refractivity contribution is 9.10. The van der Waals surface area contributed by atoms with E-state index in [0.29, 0.717) is 6.04 Å². The Kier molecular flexibility index (Phi) is 8.82. The summed E-state index contributed by atoms with van der Waals surface area (Å²) in [6.45, 7) is 3.37. The molecule has 0 aliphatic carbocycles. The van der Waals surface area contributed by atoms with Crippen molar-refractivity contribution in [2.24, 2.45) is 0 Å². The molecule has 0 fully saturated rings. The molecule has 1 rings (SSSR count). The molecule has 0 saturated carbocycles. The monoisotopic (exact) mass is 329 g/mol. The van der Waals surface area contributed by atoms with Gasteiger partial charge in [-0.3, -0.25) is 0 Å². The minimum atomic E-state index is 0.489. The summed E-state index contributed by atoms with van der Waals surface area (Å²) < 4.78 is 1.17. The van der Waals surface area contributed by atoms with Gasteiger partial charge in [0.2, 0.25) is 0 Å². The van der Waals surface area contributed by atoms with Gasteiger partial charge in [0.05, 0.1) is 0 Å². The van der Waals surface area contributed by atoms with E-state index >= 15 is 0 Å². The van der Waals surface area contributed by atoms with Crippen molar-refractivity contribution in [1.29, 1.82) is 0 Å². The Balaban J connectivity index is 2.29. The highest BCUT2D eigenvalue weighted by Gasteiger charge is 2.07. The molecule has 3 heteroatoms. The fourth-order valence-corrected chi connectivity index (χ4v) is 2.96. The number of halogens is 1. The molecule has 0 bridgehead atoms. The predicted molar refractivity (Wildman–Crippen MR) is 87.4 cm³/mol. The third-order valence-corrected chi connectivity index (χ3v) is 4.27. The molecular formula is C15H24BrNS. The van der Waals surface area contributed by atoms with Crippen molar-refractivity contribution in [3.63, 3.8) is 0 Å². The molecule has 0 amide bonds. The van der Waals surface area contributed by atoms with E-state index in [1.54, 1.807) is 0 Å². The Labute approximate surface area is 124 Å². The van der Waals surface area contributed by atoms with Gasteiger partial charge in [-0.25, -0.2) is 0 Å². The average molecular weight is 330 g/mol. The number of hydrogen-bond donors (Lipinski definition) is 1. The van der Waals surface area contributed by atoms with Gasteiger partial charge in [-0.05, 0) is 55.5 Å². The van der Waals surface area contributed by atoms with Crippen molar-refractivity contribution in [3.8, 4) is 0 Å². The first kappa shape index (κ1) is 16.1. The summed E-state index contributed by atoms with van der Waals surface area (Å²) >= 11 is 5.48. The largest absolute Gasteiger partial charge is 0.310 e. The van der Waals surface area contributed by atoms with Crippen molar-refractivity contribution < 1.29 is 0 Å². The van der Waals surface area contributed by atoms with Crippen LogP contribution in [0.1, 0.15) is 44.2 Å². The lowest BCUT2D eigenvalue weighted by atomic mass is 10.0. The lowest BCUT2D eigenvalue weighted by Crippen LogP contribution is -2.21. The maximum atomic E-state index is 3.66. The second-order valence-corrected chi connectivity index (χ2v) is 6.42. The van der Waals surface area contributed by atoms with Crippen LogP contribution in [0.25, 0.3) is 0 Å². The van der Waals surface area contributed by atoms with Crippen LogP contribution in [0.3, 0.4) is 0 Å². The summed E-state index contributed by atoms with van der Waals surface area (Å²) in [5, 5.41) is 3.66. The van der Waals surface area contributed by atoms with Gasteiger partial charge in [0.1, 0.15) is 0 Å². The predicted octanol–water partition coefficient (Wildman–Crippen LogP) is 5.02. The average Bonchev–Trinajstić information content (AvgIpc) is 2.38. The van der Waals surface area contributed by atoms with Gasteiger partial charge in [0, 0.05) is 10.5 Å². The fraction of sp³-hybridized carbons (Fsp3) is 0.600. The Bertz CT molecular complexity index is 330. The first-order valence-corrected chi connectivity index (χ1v) is 8.94. The molecule has 102 valence electrons. The molecule has 0 radical (unpaired) electrons. The highest BCUT2D eigenvalue weighted by Crippen LogP contribution is 2.20. The minimum Gasteiger partial charge on any atom is -0.310 e. The zero-order valence-electron chi connectivity index (χ0n) is 11.4. The van der Waals surface area contributed by atoms with Crippen LogP contribution in [0.5, 0.6) is 0 Å². The number of unbranched alkanes of at least 4 members (excludes halogenated alkanes) is 2. The van der Waals surface area contributed by atoms with E-state index < -0.39 is 0 Å². The van der Waals surface area contributed by atoms with Crippen LogP contribution < -0.4 is 5.32 Å². The van der Waals surface area contributed by atoms with Gasteiger partial charge < -0.3 is 5.32 Å². The fourth-order valence-electron chi connectivity index (χ4n) is 2.05. The van der Waals surface area contributed by atoms with Crippen molar-refractivity contribution >= 4 is 27.7 Å². The highest BCUT2D eigenvalue weighted by atomic mass is 79.9. The molecule has 0 aromatic heterocycles. The lowest BCUT2D eigenvalue weighted by Gasteiger charge is -2.17. The molecule has 0 aliphatic heterocycles. The Morgan fingerprint density at radius 1 is 1.28 bits per heavy atom. The standard InChI is InChI=1S/C15H24BrNS/c1-3-15(13-8-7-9-14(16)12-13)17-10-5-4-6-11-18-2/h7-9,12,15,17H,3-6,10-11H2,1-2H3. The number of nitrogens with one attached hydrogen (secondary N) is 1. The summed E-state index contributed by atoms with van der Waals surface area (Å²) in [5.41, 5.74) is 1.39. The molecule has 0 spiro atoms. The molecule has 0 saturated heterocycles. The first-order chi connectivity index (χ1) is 8.77. The Morgan fingerprint density at radius 2 is 2.11 bits per heavy atom. The van der Waals surface area contributed by atoms with E-state index in [1.807, 2.05) is 11.8 Å². The smallest absolute Gasteiger partial charge is 0.0318 e. The quantitative estimate of drug-likeness (QED) is 0.638. The van der Waals surface area contributed by atoms with E-state index in [4.69, 9.17) is 0 Å². The third-order valence-electron chi connectivity index (χ3n) is 3.08. The molecule has 1 N–H and O–H groups in total. The minimum absolute atomic E-state index is 0.489. The summed E-state index contributed by atoms with van der Waals surface area (Å²) in [6, 6.07) is 9.11. The van der Waals surface area contributed by atoms with E-state index in [0.717, 1.165) is 13.0 Å². The summed E-state index contributed by atoms with van der Waals surface area (Å²) in [6.07, 6.45) is 7.28. The van der Waals surface area contributed by atoms with Crippen LogP contribution in [-0.4, -0.2) is 18.6 Å². The van der Waals surface area contributed by atoms with E-state index in [1.165, 1.54) is 35.1 Å². The number of rotatable bonds is 9. The molecule has 1 nitrogen and oxygen atoms in total. The van der Waals surface area contributed by atoms with E-state index in [-0.39, 0.29) is 0 Å². The molecule has 1 aromatic rings. The normalized spacial score (nSPS) is 12.6. The van der Waals surface area contributed by atoms with E-state index in [9.17, 15) is 0 Å². The first-order valence-electron chi connectivity index (χ1n) is 6.75. The molecule has 0 aliphatic rings. The Morgan fingerprint density at radius 3 is 2.78 bits per heavy atom. The van der Waals surface area contributed by atoms with Crippen LogP contribution in [0.2, 0.25) is 0 Å². The van der Waals surface area contributed by atoms with Gasteiger partial charge >= 0.3 is 0 Å². The zero-order chi connectivity index (χ0) is 13.2. The molecule has 1 unspecified atom stereocenters.